The quantitative estimate of drug-likeness (QED) is 0.599. The summed E-state index contributed by atoms with van der Waals surface area (Å²) in [7, 11) is 1.36. The van der Waals surface area contributed by atoms with Crippen molar-refractivity contribution in [2.45, 2.75) is 12.8 Å². The van der Waals surface area contributed by atoms with Gasteiger partial charge in [0.15, 0.2) is 0 Å². The lowest BCUT2D eigenvalue weighted by Gasteiger charge is -2.07. The third kappa shape index (κ3) is 3.17. The maximum atomic E-state index is 11.5. The van der Waals surface area contributed by atoms with Gasteiger partial charge in [-0.1, -0.05) is 12.1 Å². The van der Waals surface area contributed by atoms with Gasteiger partial charge in [0, 0.05) is 12.0 Å². The first kappa shape index (κ1) is 13.2. The van der Waals surface area contributed by atoms with Crippen LogP contribution in [0.15, 0.2) is 24.3 Å². The highest BCUT2D eigenvalue weighted by Crippen LogP contribution is 2.17. The van der Waals surface area contributed by atoms with Crippen LogP contribution in [0.4, 0.5) is 0 Å². The molecule has 100 valence electrons. The minimum Gasteiger partial charge on any atom is -0.296 e. The summed E-state index contributed by atoms with van der Waals surface area (Å²) in [4.78, 5) is 38.5. The molecule has 1 unspecified atom stereocenters. The van der Waals surface area contributed by atoms with Crippen LogP contribution in [-0.2, 0) is 20.8 Å². The number of amides is 3. The Balaban J connectivity index is 2.01. The van der Waals surface area contributed by atoms with E-state index in [1.54, 1.807) is 24.3 Å². The Morgan fingerprint density at radius 2 is 2.05 bits per heavy atom. The normalized spacial score (nSPS) is 18.3. The van der Waals surface area contributed by atoms with E-state index in [0.29, 0.717) is 12.0 Å². The van der Waals surface area contributed by atoms with Crippen LogP contribution in [0, 0.1) is 5.92 Å². The SMILES string of the molecule is CONC(=O)c1ccc(CC2CC(=O)NC2=O)cc1. The van der Waals surface area contributed by atoms with Gasteiger partial charge in [-0.25, -0.2) is 5.48 Å². The van der Waals surface area contributed by atoms with Gasteiger partial charge in [0.1, 0.15) is 0 Å². The Bertz CT molecular complexity index is 510. The Morgan fingerprint density at radius 3 is 2.58 bits per heavy atom. The Morgan fingerprint density at radius 1 is 1.37 bits per heavy atom. The summed E-state index contributed by atoms with van der Waals surface area (Å²) in [6.45, 7) is 0. The van der Waals surface area contributed by atoms with Crippen LogP contribution in [-0.4, -0.2) is 24.8 Å². The first-order chi connectivity index (χ1) is 9.10. The first-order valence-corrected chi connectivity index (χ1v) is 5.86. The van der Waals surface area contributed by atoms with E-state index in [1.165, 1.54) is 7.11 Å². The van der Waals surface area contributed by atoms with Crippen molar-refractivity contribution in [3.63, 3.8) is 0 Å². The molecule has 0 saturated carbocycles. The lowest BCUT2D eigenvalue weighted by molar-refractivity contribution is -0.125. The largest absolute Gasteiger partial charge is 0.296 e. The van der Waals surface area contributed by atoms with Gasteiger partial charge >= 0.3 is 0 Å². The minimum atomic E-state index is -0.331. The highest BCUT2D eigenvalue weighted by atomic mass is 16.6. The van der Waals surface area contributed by atoms with Crippen molar-refractivity contribution in [3.05, 3.63) is 35.4 Å². The van der Waals surface area contributed by atoms with Crippen molar-refractivity contribution in [3.8, 4) is 0 Å². The first-order valence-electron chi connectivity index (χ1n) is 5.86. The molecule has 6 heteroatoms. The predicted octanol–water partition coefficient (Wildman–Crippen LogP) is 0.183. The van der Waals surface area contributed by atoms with Crippen LogP contribution >= 0.6 is 0 Å². The van der Waals surface area contributed by atoms with Gasteiger partial charge in [0.25, 0.3) is 5.91 Å². The van der Waals surface area contributed by atoms with Crippen molar-refractivity contribution < 1.29 is 19.2 Å². The number of hydroxylamine groups is 1. The zero-order valence-electron chi connectivity index (χ0n) is 10.4. The van der Waals surface area contributed by atoms with Crippen LogP contribution in [0.2, 0.25) is 0 Å². The number of rotatable bonds is 4. The van der Waals surface area contributed by atoms with E-state index >= 15 is 0 Å². The maximum Gasteiger partial charge on any atom is 0.274 e. The van der Waals surface area contributed by atoms with Crippen molar-refractivity contribution in [2.24, 2.45) is 5.92 Å². The van der Waals surface area contributed by atoms with Gasteiger partial charge in [0.05, 0.1) is 13.0 Å². The molecular weight excluding hydrogens is 248 g/mol. The zero-order chi connectivity index (χ0) is 13.8. The zero-order valence-corrected chi connectivity index (χ0v) is 10.4. The lowest BCUT2D eigenvalue weighted by Crippen LogP contribution is -2.23. The number of imide groups is 1. The molecule has 2 rings (SSSR count). The molecule has 1 fully saturated rings. The number of carbonyl (C=O) groups is 3. The molecule has 1 aliphatic rings. The Labute approximate surface area is 110 Å². The van der Waals surface area contributed by atoms with Gasteiger partial charge < -0.3 is 0 Å². The average Bonchev–Trinajstić information content (AvgIpc) is 2.69. The molecule has 1 heterocycles. The summed E-state index contributed by atoms with van der Waals surface area (Å²) in [5.41, 5.74) is 3.60. The molecule has 1 aromatic carbocycles. The molecule has 0 aromatic heterocycles. The van der Waals surface area contributed by atoms with E-state index in [4.69, 9.17) is 0 Å². The highest BCUT2D eigenvalue weighted by molar-refractivity contribution is 6.03. The van der Waals surface area contributed by atoms with Gasteiger partial charge in [-0.05, 0) is 24.1 Å². The van der Waals surface area contributed by atoms with Gasteiger partial charge in [0.2, 0.25) is 11.8 Å². The fraction of sp³-hybridized carbons (Fsp3) is 0.308. The maximum absolute atomic E-state index is 11.5. The Kier molecular flexibility index (Phi) is 3.91. The minimum absolute atomic E-state index is 0.227. The summed E-state index contributed by atoms with van der Waals surface area (Å²) >= 11 is 0. The van der Waals surface area contributed by atoms with E-state index in [1.807, 2.05) is 0 Å². The summed E-state index contributed by atoms with van der Waals surface area (Å²) < 4.78 is 0. The second-order valence-corrected chi connectivity index (χ2v) is 4.35. The second kappa shape index (κ2) is 5.62. The van der Waals surface area contributed by atoms with E-state index < -0.39 is 0 Å². The molecule has 0 spiro atoms. The lowest BCUT2D eigenvalue weighted by atomic mass is 9.97. The van der Waals surface area contributed by atoms with Crippen molar-refractivity contribution in [1.29, 1.82) is 0 Å². The molecule has 1 saturated heterocycles. The monoisotopic (exact) mass is 262 g/mol. The van der Waals surface area contributed by atoms with Gasteiger partial charge in [-0.3, -0.25) is 24.5 Å². The van der Waals surface area contributed by atoms with Crippen LogP contribution in [0.3, 0.4) is 0 Å². The number of nitrogens with one attached hydrogen (secondary N) is 2. The summed E-state index contributed by atoms with van der Waals surface area (Å²) in [6, 6.07) is 6.83. The van der Waals surface area contributed by atoms with Crippen LogP contribution in [0.5, 0.6) is 0 Å². The molecule has 19 heavy (non-hydrogen) atoms. The van der Waals surface area contributed by atoms with Crippen molar-refractivity contribution in [1.82, 2.24) is 10.8 Å². The van der Waals surface area contributed by atoms with E-state index in [-0.39, 0.29) is 30.1 Å². The smallest absolute Gasteiger partial charge is 0.274 e. The summed E-state index contributed by atoms with van der Waals surface area (Å²) in [5, 5.41) is 2.27. The Hall–Kier alpha value is -2.21. The molecule has 1 aromatic rings. The van der Waals surface area contributed by atoms with Crippen molar-refractivity contribution >= 4 is 17.7 Å². The van der Waals surface area contributed by atoms with Crippen LogP contribution in [0.25, 0.3) is 0 Å². The topological polar surface area (TPSA) is 84.5 Å². The molecule has 6 nitrogen and oxygen atoms in total. The number of hydrogen-bond acceptors (Lipinski definition) is 4. The second-order valence-electron chi connectivity index (χ2n) is 4.35. The number of carbonyl (C=O) groups excluding carboxylic acids is 3. The summed E-state index contributed by atoms with van der Waals surface area (Å²) in [6.07, 6.45) is 0.717. The standard InChI is InChI=1S/C13H14N2O4/c1-19-15-13(18)9-4-2-8(3-5-9)6-10-7-11(16)14-12(10)17/h2-5,10H,6-7H2,1H3,(H,15,18)(H,14,16,17). The van der Waals surface area contributed by atoms with Crippen LogP contribution in [0.1, 0.15) is 22.3 Å². The molecular formula is C13H14N2O4. The van der Waals surface area contributed by atoms with Gasteiger partial charge in [-0.15, -0.1) is 0 Å². The number of hydrogen-bond donors (Lipinski definition) is 2. The highest BCUT2D eigenvalue weighted by Gasteiger charge is 2.30. The van der Waals surface area contributed by atoms with Crippen molar-refractivity contribution in [2.75, 3.05) is 7.11 Å². The molecule has 3 amide bonds. The molecule has 2 N–H and O–H groups in total. The van der Waals surface area contributed by atoms with E-state index in [9.17, 15) is 14.4 Å². The molecule has 1 aliphatic heterocycles. The molecule has 1 atom stereocenters. The molecule has 0 aliphatic carbocycles. The van der Waals surface area contributed by atoms with Crippen LogP contribution < -0.4 is 10.8 Å². The van der Waals surface area contributed by atoms with E-state index in [0.717, 1.165) is 5.56 Å². The van der Waals surface area contributed by atoms with E-state index in [2.05, 4.69) is 15.6 Å². The number of benzene rings is 1. The summed E-state index contributed by atoms with van der Waals surface area (Å²) in [5.74, 6) is -1.11. The molecule has 0 radical (unpaired) electrons. The fourth-order valence-electron chi connectivity index (χ4n) is 2.00. The molecule has 0 bridgehead atoms. The fourth-order valence-corrected chi connectivity index (χ4v) is 2.00. The third-order valence-corrected chi connectivity index (χ3v) is 2.96. The third-order valence-electron chi connectivity index (χ3n) is 2.96. The predicted molar refractivity (Wildman–Crippen MR) is 65.9 cm³/mol. The van der Waals surface area contributed by atoms with Gasteiger partial charge in [-0.2, -0.15) is 0 Å². The average molecular weight is 262 g/mol.